The molecule has 1 aromatic heterocycles. The molecule has 0 radical (unpaired) electrons. The fourth-order valence-corrected chi connectivity index (χ4v) is 2.98. The van der Waals surface area contributed by atoms with Crippen molar-refractivity contribution in [1.82, 2.24) is 4.98 Å². The van der Waals surface area contributed by atoms with Crippen LogP contribution in [0.4, 0.5) is 5.69 Å². The Morgan fingerprint density at radius 2 is 1.86 bits per heavy atom. The van der Waals surface area contributed by atoms with Crippen LogP contribution >= 0.6 is 0 Å². The first kappa shape index (κ1) is 15.0. The summed E-state index contributed by atoms with van der Waals surface area (Å²) >= 11 is 0. The van der Waals surface area contributed by atoms with Crippen molar-refractivity contribution < 1.29 is 8.42 Å². The minimum absolute atomic E-state index is 0.0589. The average Bonchev–Trinajstić information content (AvgIpc) is 2.54. The molecule has 0 bridgehead atoms. The summed E-state index contributed by atoms with van der Waals surface area (Å²) in [6, 6.07) is 12.0. The molecule has 0 amide bonds. The van der Waals surface area contributed by atoms with Crippen molar-refractivity contribution >= 4 is 15.7 Å². The third-order valence-corrected chi connectivity index (χ3v) is 4.99. The highest BCUT2D eigenvalue weighted by atomic mass is 32.2. The van der Waals surface area contributed by atoms with Crippen LogP contribution in [0.2, 0.25) is 0 Å². The third kappa shape index (κ3) is 3.03. The number of nitriles is 1. The molecule has 0 atom stereocenters. The van der Waals surface area contributed by atoms with Crippen molar-refractivity contribution in [3.8, 4) is 6.07 Å². The quantitative estimate of drug-likeness (QED) is 0.868. The van der Waals surface area contributed by atoms with E-state index in [9.17, 15) is 8.42 Å². The molecule has 5 nitrogen and oxygen atoms in total. The maximum atomic E-state index is 12.5. The van der Waals surface area contributed by atoms with Gasteiger partial charge in [-0.05, 0) is 36.2 Å². The van der Waals surface area contributed by atoms with Crippen molar-refractivity contribution in [2.45, 2.75) is 18.2 Å². The Balaban J connectivity index is 2.34. The molecule has 0 saturated carbocycles. The molecular formula is C15H15N3O2S. The van der Waals surface area contributed by atoms with Crippen LogP contribution in [-0.2, 0) is 16.4 Å². The second-order valence-corrected chi connectivity index (χ2v) is 6.45. The number of anilines is 1. The van der Waals surface area contributed by atoms with E-state index >= 15 is 0 Å². The van der Waals surface area contributed by atoms with Gasteiger partial charge in [0.15, 0.2) is 0 Å². The fraction of sp³-hybridized carbons (Fsp3) is 0.200. The van der Waals surface area contributed by atoms with Crippen LogP contribution in [0.15, 0.2) is 47.5 Å². The van der Waals surface area contributed by atoms with Crippen molar-refractivity contribution in [3.05, 3.63) is 53.9 Å². The Kier molecular flexibility index (Phi) is 4.24. The molecule has 1 heterocycles. The van der Waals surface area contributed by atoms with E-state index in [2.05, 4.69) is 4.98 Å². The molecule has 0 spiro atoms. The molecule has 0 aliphatic heterocycles. The summed E-state index contributed by atoms with van der Waals surface area (Å²) in [5, 5.41) is 8.70. The molecule has 1 aromatic carbocycles. The van der Waals surface area contributed by atoms with Crippen LogP contribution in [0.25, 0.3) is 0 Å². The number of aromatic nitrogens is 1. The molecule has 2 rings (SSSR count). The summed E-state index contributed by atoms with van der Waals surface area (Å²) in [7, 11) is -2.18. The first-order valence-corrected chi connectivity index (χ1v) is 7.87. The van der Waals surface area contributed by atoms with Gasteiger partial charge in [-0.3, -0.25) is 4.31 Å². The predicted octanol–water partition coefficient (Wildman–Crippen LogP) is 2.34. The van der Waals surface area contributed by atoms with E-state index in [0.717, 1.165) is 12.0 Å². The predicted molar refractivity (Wildman–Crippen MR) is 80.4 cm³/mol. The second-order valence-electron chi connectivity index (χ2n) is 4.48. The highest BCUT2D eigenvalue weighted by Gasteiger charge is 2.21. The van der Waals surface area contributed by atoms with Gasteiger partial charge in [-0.2, -0.15) is 5.26 Å². The summed E-state index contributed by atoms with van der Waals surface area (Å²) in [6.07, 6.45) is 2.10. The van der Waals surface area contributed by atoms with E-state index in [1.807, 2.05) is 25.1 Å². The van der Waals surface area contributed by atoms with E-state index in [4.69, 9.17) is 5.26 Å². The van der Waals surface area contributed by atoms with Gasteiger partial charge in [0.2, 0.25) is 0 Å². The SMILES string of the molecule is CCc1ccc(N(C)S(=O)(=O)c2ccc(C#N)nc2)cc1. The number of aryl methyl sites for hydroxylation is 1. The van der Waals surface area contributed by atoms with E-state index in [1.165, 1.54) is 29.7 Å². The molecule has 0 unspecified atom stereocenters. The van der Waals surface area contributed by atoms with Gasteiger partial charge in [0.1, 0.15) is 16.7 Å². The Morgan fingerprint density at radius 1 is 1.19 bits per heavy atom. The Bertz CT molecular complexity index is 760. The molecule has 21 heavy (non-hydrogen) atoms. The largest absolute Gasteiger partial charge is 0.269 e. The van der Waals surface area contributed by atoms with Crippen molar-refractivity contribution in [3.63, 3.8) is 0 Å². The Morgan fingerprint density at radius 3 is 2.33 bits per heavy atom. The summed E-state index contributed by atoms with van der Waals surface area (Å²) in [5.41, 5.74) is 1.91. The van der Waals surface area contributed by atoms with Gasteiger partial charge < -0.3 is 0 Å². The van der Waals surface area contributed by atoms with Gasteiger partial charge in [0, 0.05) is 13.2 Å². The lowest BCUT2D eigenvalue weighted by atomic mass is 10.1. The fourth-order valence-electron chi connectivity index (χ4n) is 1.84. The normalized spacial score (nSPS) is 10.9. The van der Waals surface area contributed by atoms with Gasteiger partial charge in [0.05, 0.1) is 5.69 Å². The van der Waals surface area contributed by atoms with Crippen molar-refractivity contribution in [1.29, 1.82) is 5.26 Å². The van der Waals surface area contributed by atoms with Crippen LogP contribution in [0.1, 0.15) is 18.2 Å². The maximum Gasteiger partial charge on any atom is 0.265 e. The number of sulfonamides is 1. The molecule has 0 aliphatic rings. The van der Waals surface area contributed by atoms with Gasteiger partial charge in [-0.15, -0.1) is 0 Å². The summed E-state index contributed by atoms with van der Waals surface area (Å²) in [4.78, 5) is 3.86. The van der Waals surface area contributed by atoms with E-state index < -0.39 is 10.0 Å². The summed E-state index contributed by atoms with van der Waals surface area (Å²) in [6.45, 7) is 2.04. The van der Waals surface area contributed by atoms with Gasteiger partial charge in [-0.1, -0.05) is 19.1 Å². The summed E-state index contributed by atoms with van der Waals surface area (Å²) < 4.78 is 26.2. The zero-order valence-corrected chi connectivity index (χ0v) is 12.6. The molecule has 0 saturated heterocycles. The second kappa shape index (κ2) is 5.94. The van der Waals surface area contributed by atoms with Crippen LogP contribution < -0.4 is 4.31 Å². The third-order valence-electron chi connectivity index (χ3n) is 3.22. The molecule has 2 aromatic rings. The van der Waals surface area contributed by atoms with Crippen LogP contribution in [-0.4, -0.2) is 20.4 Å². The number of benzene rings is 1. The topological polar surface area (TPSA) is 74.1 Å². The van der Waals surface area contributed by atoms with Crippen LogP contribution in [0.5, 0.6) is 0 Å². The maximum absolute atomic E-state index is 12.5. The number of pyridine rings is 1. The lowest BCUT2D eigenvalue weighted by molar-refractivity contribution is 0.594. The number of rotatable bonds is 4. The van der Waals surface area contributed by atoms with Crippen molar-refractivity contribution in [2.75, 3.05) is 11.4 Å². The minimum atomic E-state index is -3.68. The van der Waals surface area contributed by atoms with Crippen LogP contribution in [0, 0.1) is 11.3 Å². The lowest BCUT2D eigenvalue weighted by Gasteiger charge is -2.19. The highest BCUT2D eigenvalue weighted by Crippen LogP contribution is 2.22. The summed E-state index contributed by atoms with van der Waals surface area (Å²) in [5.74, 6) is 0. The molecule has 6 heteroatoms. The molecule has 0 N–H and O–H groups in total. The van der Waals surface area contributed by atoms with Crippen molar-refractivity contribution in [2.24, 2.45) is 0 Å². The van der Waals surface area contributed by atoms with Gasteiger partial charge >= 0.3 is 0 Å². The van der Waals surface area contributed by atoms with E-state index in [-0.39, 0.29) is 10.6 Å². The zero-order chi connectivity index (χ0) is 15.5. The molecular weight excluding hydrogens is 286 g/mol. The number of nitrogens with zero attached hydrogens (tertiary/aromatic N) is 3. The zero-order valence-electron chi connectivity index (χ0n) is 11.8. The Labute approximate surface area is 124 Å². The lowest BCUT2D eigenvalue weighted by Crippen LogP contribution is -2.26. The monoisotopic (exact) mass is 301 g/mol. The van der Waals surface area contributed by atoms with Crippen LogP contribution in [0.3, 0.4) is 0 Å². The standard InChI is InChI=1S/C15H15N3O2S/c1-3-12-4-7-14(8-5-12)18(2)21(19,20)15-9-6-13(10-16)17-11-15/h4-9,11H,3H2,1-2H3. The van der Waals surface area contributed by atoms with Gasteiger partial charge in [0.25, 0.3) is 10.0 Å². The minimum Gasteiger partial charge on any atom is -0.269 e. The first-order chi connectivity index (χ1) is 9.98. The average molecular weight is 301 g/mol. The van der Waals surface area contributed by atoms with E-state index in [0.29, 0.717) is 5.69 Å². The molecule has 0 aliphatic carbocycles. The number of hydrogen-bond donors (Lipinski definition) is 0. The smallest absolute Gasteiger partial charge is 0.265 e. The molecule has 0 fully saturated rings. The molecule has 108 valence electrons. The highest BCUT2D eigenvalue weighted by molar-refractivity contribution is 7.92. The van der Waals surface area contributed by atoms with E-state index in [1.54, 1.807) is 12.1 Å². The Hall–Kier alpha value is -2.39. The van der Waals surface area contributed by atoms with Gasteiger partial charge in [-0.25, -0.2) is 13.4 Å². The first-order valence-electron chi connectivity index (χ1n) is 6.43. The number of hydrogen-bond acceptors (Lipinski definition) is 4.